The average molecular weight is 648 g/mol. The Bertz CT molecular complexity index is 1070. The Balaban J connectivity index is 0.00000115. The summed E-state index contributed by atoms with van der Waals surface area (Å²) in [5, 5.41) is 5.27. The first-order chi connectivity index (χ1) is 17.7. The predicted octanol–water partition coefficient (Wildman–Crippen LogP) is 6.56. The number of halogens is 2. The van der Waals surface area contributed by atoms with Crippen molar-refractivity contribution in [2.45, 2.75) is 12.1 Å². The van der Waals surface area contributed by atoms with Crippen molar-refractivity contribution in [1.29, 1.82) is 0 Å². The summed E-state index contributed by atoms with van der Waals surface area (Å²) in [6.45, 7) is 0. The van der Waals surface area contributed by atoms with Gasteiger partial charge >= 0.3 is 41.0 Å². The van der Waals surface area contributed by atoms with Gasteiger partial charge in [-0.2, -0.15) is 0 Å². The Kier molecular flexibility index (Phi) is 13.2. The summed E-state index contributed by atoms with van der Waals surface area (Å²) in [5.41, 5.74) is 0.156. The van der Waals surface area contributed by atoms with Gasteiger partial charge in [-0.25, -0.2) is 0 Å². The Morgan fingerprint density at radius 2 is 1.03 bits per heavy atom. The average Bonchev–Trinajstić information content (AvgIpc) is 2.94. The van der Waals surface area contributed by atoms with E-state index in [1.165, 1.54) is 28.3 Å². The second-order valence-corrected chi connectivity index (χ2v) is 14.9. The van der Waals surface area contributed by atoms with Crippen LogP contribution in [0, 0.1) is 0 Å². The van der Waals surface area contributed by atoms with Crippen LogP contribution < -0.4 is 21.2 Å². The third-order valence-electron chi connectivity index (χ3n) is 5.59. The van der Waals surface area contributed by atoms with Crippen molar-refractivity contribution in [1.82, 2.24) is 0 Å². The third-order valence-corrected chi connectivity index (χ3v) is 11.3. The molecule has 0 heterocycles. The molecule has 2 nitrogen and oxygen atoms in total. The van der Waals surface area contributed by atoms with Crippen molar-refractivity contribution in [3.8, 4) is 0 Å². The van der Waals surface area contributed by atoms with Crippen LogP contribution in [0.5, 0.6) is 0 Å². The predicted molar refractivity (Wildman–Crippen MR) is 155 cm³/mol. The van der Waals surface area contributed by atoms with Gasteiger partial charge in [0.15, 0.2) is 0 Å². The van der Waals surface area contributed by atoms with Gasteiger partial charge in [0.25, 0.3) is 0 Å². The Hall–Kier alpha value is -1.55. The number of hydrogen-bond acceptors (Lipinski definition) is 2. The van der Waals surface area contributed by atoms with Gasteiger partial charge in [-0.3, -0.25) is 4.79 Å². The maximum atomic E-state index is 12.6. The van der Waals surface area contributed by atoms with Gasteiger partial charge in [-0.15, -0.1) is 0 Å². The van der Waals surface area contributed by atoms with Gasteiger partial charge in [0.1, 0.15) is 0 Å². The number of methoxy groups -OCH3 is 1. The first-order valence-corrected chi connectivity index (χ1v) is 18.3. The molecule has 4 aromatic rings. The van der Waals surface area contributed by atoms with E-state index in [1.807, 2.05) is 0 Å². The van der Waals surface area contributed by atoms with Gasteiger partial charge in [0.05, 0.1) is 13.5 Å². The fraction of sp³-hybridized carbons (Fsp3) is 0.138. The summed E-state index contributed by atoms with van der Waals surface area (Å²) >= 11 is -0.106. The number of hydrogen-bond donors (Lipinski definition) is 0. The van der Waals surface area contributed by atoms with Crippen LogP contribution in [-0.4, -0.2) is 24.9 Å². The minimum atomic E-state index is -0.750. The topological polar surface area (TPSA) is 26.3 Å². The molecule has 190 valence electrons. The van der Waals surface area contributed by atoms with Gasteiger partial charge in [-0.1, -0.05) is 121 Å². The summed E-state index contributed by atoms with van der Waals surface area (Å²) in [7, 11) is 9.74. The first kappa shape index (κ1) is 29.0. The van der Waals surface area contributed by atoms with Crippen LogP contribution in [0.3, 0.4) is 0 Å². The number of benzene rings is 4. The third kappa shape index (κ3) is 8.78. The van der Waals surface area contributed by atoms with Gasteiger partial charge in [-0.05, 0) is 43.2 Å². The second kappa shape index (κ2) is 16.3. The molecule has 0 aliphatic carbocycles. The summed E-state index contributed by atoms with van der Waals surface area (Å²) in [6, 6.07) is 42.8. The van der Waals surface area contributed by atoms with Crippen LogP contribution in [0.15, 0.2) is 121 Å². The van der Waals surface area contributed by atoms with Gasteiger partial charge in [0.2, 0.25) is 0 Å². The normalized spacial score (nSPS) is 11.6. The standard InChI is InChI=1S/C29H28O2P2.2ClH.Pd/c1-31-29(30)22-28(33(26-18-10-4-11-19-26)27-20-12-5-13-21-27)23-32(24-14-6-2-7-15-24)25-16-8-3-9-17-25;;;/h2-21,28H,22-23H2,1H3;2*1H;/q;;;+2/p-2/t28-;;;/m0.../s1. The zero-order valence-corrected chi connectivity index (χ0v) is 24.7. The van der Waals surface area contributed by atoms with E-state index in [0.29, 0.717) is 6.42 Å². The molecular formula is C29H28Cl2O2P2Pd. The van der Waals surface area contributed by atoms with Crippen molar-refractivity contribution in [2.75, 3.05) is 13.3 Å². The zero-order chi connectivity index (χ0) is 25.6. The molecule has 0 N–H and O–H groups in total. The molecule has 0 bridgehead atoms. The van der Waals surface area contributed by atoms with Crippen LogP contribution in [0.2, 0.25) is 0 Å². The fourth-order valence-electron chi connectivity index (χ4n) is 4.05. The fourth-order valence-corrected chi connectivity index (χ4v) is 9.98. The van der Waals surface area contributed by atoms with Crippen LogP contribution in [-0.2, 0) is 25.5 Å². The van der Waals surface area contributed by atoms with Crippen molar-refractivity contribution in [2.24, 2.45) is 0 Å². The molecule has 0 saturated heterocycles. The second-order valence-electron chi connectivity index (χ2n) is 7.80. The Morgan fingerprint density at radius 1 is 0.694 bits per heavy atom. The molecule has 4 aromatic carbocycles. The van der Waals surface area contributed by atoms with Crippen LogP contribution in [0.25, 0.3) is 0 Å². The van der Waals surface area contributed by atoms with Crippen molar-refractivity contribution in [3.63, 3.8) is 0 Å². The monoisotopic (exact) mass is 646 g/mol. The molecule has 1 atom stereocenters. The molecule has 7 heteroatoms. The summed E-state index contributed by atoms with van der Waals surface area (Å²) in [4.78, 5) is 12.6. The number of esters is 1. The molecule has 36 heavy (non-hydrogen) atoms. The molecule has 0 aromatic heterocycles. The Morgan fingerprint density at radius 3 is 1.36 bits per heavy atom. The Labute approximate surface area is 233 Å². The van der Waals surface area contributed by atoms with E-state index in [4.69, 9.17) is 23.8 Å². The molecule has 0 saturated carbocycles. The van der Waals surface area contributed by atoms with Crippen molar-refractivity contribution < 1.29 is 25.5 Å². The number of ether oxygens (including phenoxy) is 1. The first-order valence-electron chi connectivity index (χ1n) is 11.3. The van der Waals surface area contributed by atoms with E-state index in [9.17, 15) is 4.79 Å². The number of carbonyl (C=O) groups is 1. The molecule has 0 aliphatic heterocycles. The molecule has 0 radical (unpaired) electrons. The number of rotatable bonds is 9. The summed E-state index contributed by atoms with van der Waals surface area (Å²) in [6.07, 6.45) is 1.33. The molecule has 0 unspecified atom stereocenters. The van der Waals surface area contributed by atoms with Gasteiger partial charge < -0.3 is 4.74 Å². The molecule has 0 aliphatic rings. The SMILES string of the molecule is COC(=O)C[C@@H](CP(c1ccccc1)c1ccccc1)P(c1ccccc1)c1ccccc1.[Cl][Pd][Cl]. The summed E-state index contributed by atoms with van der Waals surface area (Å²) < 4.78 is 5.17. The van der Waals surface area contributed by atoms with Crippen LogP contribution >= 0.6 is 34.9 Å². The van der Waals surface area contributed by atoms with E-state index in [0.717, 1.165) is 6.16 Å². The van der Waals surface area contributed by atoms with E-state index in [2.05, 4.69) is 121 Å². The molecular weight excluding hydrogens is 620 g/mol. The minimum absolute atomic E-state index is 0.106. The van der Waals surface area contributed by atoms with Crippen LogP contribution in [0.1, 0.15) is 6.42 Å². The van der Waals surface area contributed by atoms with Crippen molar-refractivity contribution in [3.05, 3.63) is 121 Å². The maximum absolute atomic E-state index is 12.6. The quantitative estimate of drug-likeness (QED) is 0.117. The summed E-state index contributed by atoms with van der Waals surface area (Å²) in [5.74, 6) is -0.143. The number of carbonyl (C=O) groups excluding carboxylic acids is 1. The molecule has 4 rings (SSSR count). The van der Waals surface area contributed by atoms with Crippen LogP contribution in [0.4, 0.5) is 0 Å². The molecule has 0 amide bonds. The molecule has 0 spiro atoms. The van der Waals surface area contributed by atoms with E-state index >= 15 is 0 Å². The van der Waals surface area contributed by atoms with Crippen molar-refractivity contribution >= 4 is 62.1 Å². The van der Waals surface area contributed by atoms with E-state index in [-0.39, 0.29) is 27.6 Å². The van der Waals surface area contributed by atoms with E-state index in [1.54, 1.807) is 0 Å². The molecule has 0 fully saturated rings. The van der Waals surface area contributed by atoms with Gasteiger partial charge in [0, 0.05) is 5.66 Å². The zero-order valence-electron chi connectivity index (χ0n) is 19.8. The van der Waals surface area contributed by atoms with E-state index < -0.39 is 15.8 Å².